The van der Waals surface area contributed by atoms with Gasteiger partial charge in [-0.1, -0.05) is 121 Å². The van der Waals surface area contributed by atoms with Crippen molar-refractivity contribution in [2.24, 2.45) is 0 Å². The molecule has 0 spiro atoms. The van der Waals surface area contributed by atoms with E-state index in [4.69, 9.17) is 0 Å². The van der Waals surface area contributed by atoms with Crippen molar-refractivity contribution < 1.29 is 0 Å². The Hall–Kier alpha value is -4.98. The van der Waals surface area contributed by atoms with Crippen molar-refractivity contribution in [2.75, 3.05) is 0 Å². The smallest absolute Gasteiger partial charge is 0.0355 e. The molecule has 0 saturated carbocycles. The van der Waals surface area contributed by atoms with Crippen molar-refractivity contribution in [2.45, 2.75) is 0 Å². The quantitative estimate of drug-likeness (QED) is 0.193. The Labute approximate surface area is 241 Å². The van der Waals surface area contributed by atoms with Gasteiger partial charge in [0.1, 0.15) is 0 Å². The molecule has 0 aliphatic heterocycles. The van der Waals surface area contributed by atoms with Crippen LogP contribution in [0.5, 0.6) is 0 Å². The van der Waals surface area contributed by atoms with E-state index in [1.165, 1.54) is 85.5 Å². The summed E-state index contributed by atoms with van der Waals surface area (Å²) in [5.74, 6) is 0. The lowest BCUT2D eigenvalue weighted by atomic mass is 9.89. The highest BCUT2D eigenvalue weighted by Crippen LogP contribution is 2.41. The van der Waals surface area contributed by atoms with Gasteiger partial charge in [0.2, 0.25) is 0 Å². The molecule has 190 valence electrons. The van der Waals surface area contributed by atoms with E-state index in [2.05, 4.69) is 146 Å². The molecule has 0 unspecified atom stereocenters. The van der Waals surface area contributed by atoms with Crippen LogP contribution < -0.4 is 0 Å². The average molecular weight is 537 g/mol. The van der Waals surface area contributed by atoms with Gasteiger partial charge in [0.05, 0.1) is 0 Å². The fourth-order valence-corrected chi connectivity index (χ4v) is 7.77. The maximum absolute atomic E-state index is 2.41. The van der Waals surface area contributed by atoms with Gasteiger partial charge >= 0.3 is 0 Å². The van der Waals surface area contributed by atoms with Gasteiger partial charge in [-0.2, -0.15) is 0 Å². The number of rotatable bonds is 2. The molecule has 1 heterocycles. The molecule has 1 aromatic heterocycles. The lowest BCUT2D eigenvalue weighted by Crippen LogP contribution is -1.87. The van der Waals surface area contributed by atoms with Crippen LogP contribution >= 0.6 is 11.3 Å². The zero-order chi connectivity index (χ0) is 26.9. The van der Waals surface area contributed by atoms with Crippen molar-refractivity contribution in [3.63, 3.8) is 0 Å². The Morgan fingerprint density at radius 1 is 0.317 bits per heavy atom. The molecule has 0 aliphatic carbocycles. The second kappa shape index (κ2) is 8.76. The van der Waals surface area contributed by atoms with E-state index in [1.807, 2.05) is 11.3 Å². The Balaban J connectivity index is 1.31. The summed E-state index contributed by atoms with van der Waals surface area (Å²) in [6, 6.07) is 53.9. The molecule has 0 fully saturated rings. The Kier molecular flexibility index (Phi) is 4.87. The lowest BCUT2D eigenvalue weighted by molar-refractivity contribution is 1.62. The molecule has 0 aliphatic rings. The zero-order valence-electron chi connectivity index (χ0n) is 22.3. The van der Waals surface area contributed by atoms with Crippen molar-refractivity contribution in [1.29, 1.82) is 0 Å². The molecule has 0 nitrogen and oxygen atoms in total. The van der Waals surface area contributed by atoms with Gasteiger partial charge < -0.3 is 0 Å². The van der Waals surface area contributed by atoms with Gasteiger partial charge in [0.15, 0.2) is 0 Å². The molecule has 9 aromatic rings. The van der Waals surface area contributed by atoms with Crippen molar-refractivity contribution >= 4 is 74.6 Å². The van der Waals surface area contributed by atoms with Crippen LogP contribution in [0, 0.1) is 0 Å². The lowest BCUT2D eigenvalue weighted by Gasteiger charge is -2.14. The van der Waals surface area contributed by atoms with Crippen LogP contribution in [0.2, 0.25) is 0 Å². The van der Waals surface area contributed by atoms with Gasteiger partial charge in [-0.15, -0.1) is 11.3 Å². The van der Waals surface area contributed by atoms with Crippen molar-refractivity contribution in [1.82, 2.24) is 0 Å². The van der Waals surface area contributed by atoms with Crippen LogP contribution in [0.25, 0.3) is 85.5 Å². The predicted octanol–water partition coefficient (Wildman–Crippen LogP) is 12.0. The molecular weight excluding hydrogens is 513 g/mol. The number of hydrogen-bond donors (Lipinski definition) is 0. The summed E-state index contributed by atoms with van der Waals surface area (Å²) in [6.45, 7) is 0. The number of thiophene rings is 1. The molecule has 0 atom stereocenters. The molecule has 9 rings (SSSR count). The Morgan fingerprint density at radius 3 is 1.56 bits per heavy atom. The maximum atomic E-state index is 2.41. The molecule has 1 heteroatoms. The van der Waals surface area contributed by atoms with E-state index in [9.17, 15) is 0 Å². The van der Waals surface area contributed by atoms with E-state index in [0.717, 1.165) is 0 Å². The summed E-state index contributed by atoms with van der Waals surface area (Å²) in [7, 11) is 0. The highest BCUT2D eigenvalue weighted by atomic mass is 32.1. The van der Waals surface area contributed by atoms with Gasteiger partial charge in [0.25, 0.3) is 0 Å². The first kappa shape index (κ1) is 22.8. The fraction of sp³-hybridized carbons (Fsp3) is 0. The highest BCUT2D eigenvalue weighted by Gasteiger charge is 2.13. The molecule has 0 amide bonds. The second-order valence-corrected chi connectivity index (χ2v) is 12.0. The minimum Gasteiger partial charge on any atom is -0.135 e. The molecule has 0 radical (unpaired) electrons. The number of hydrogen-bond acceptors (Lipinski definition) is 1. The molecule has 0 N–H and O–H groups in total. The summed E-state index contributed by atoms with van der Waals surface area (Å²) in [5, 5.41) is 13.1. The standard InChI is InChI=1S/C40H24S/c1-2-10-33-25(7-1)13-16-27-18-19-28-17-14-26-15-20-29(23-35(26)40(28)39(27)33)31-8-3-4-9-32(31)30-21-22-38-36(24-30)34-11-5-6-12-37(34)41-38/h1-24H. The molecule has 0 bridgehead atoms. The Bertz CT molecular complexity index is 2470. The topological polar surface area (TPSA) is 0 Å². The molecule has 41 heavy (non-hydrogen) atoms. The molecule has 8 aromatic carbocycles. The summed E-state index contributed by atoms with van der Waals surface area (Å²) in [6.07, 6.45) is 0. The van der Waals surface area contributed by atoms with Gasteiger partial charge in [0, 0.05) is 20.2 Å². The Morgan fingerprint density at radius 2 is 0.805 bits per heavy atom. The van der Waals surface area contributed by atoms with Crippen LogP contribution in [-0.2, 0) is 0 Å². The van der Waals surface area contributed by atoms with Gasteiger partial charge in [-0.3, -0.25) is 0 Å². The summed E-state index contributed by atoms with van der Waals surface area (Å²) in [5.41, 5.74) is 5.02. The van der Waals surface area contributed by atoms with Crippen LogP contribution in [0.15, 0.2) is 146 Å². The summed E-state index contributed by atoms with van der Waals surface area (Å²) < 4.78 is 2.68. The van der Waals surface area contributed by atoms with E-state index in [-0.39, 0.29) is 0 Å². The second-order valence-electron chi connectivity index (χ2n) is 10.9. The number of fused-ring (bicyclic) bond motifs is 10. The van der Waals surface area contributed by atoms with E-state index in [0.29, 0.717) is 0 Å². The first-order chi connectivity index (χ1) is 20.3. The average Bonchev–Trinajstić information content (AvgIpc) is 3.42. The first-order valence-corrected chi connectivity index (χ1v) is 14.9. The maximum Gasteiger partial charge on any atom is 0.0355 e. The van der Waals surface area contributed by atoms with Crippen LogP contribution in [-0.4, -0.2) is 0 Å². The van der Waals surface area contributed by atoms with Gasteiger partial charge in [-0.25, -0.2) is 0 Å². The first-order valence-electron chi connectivity index (χ1n) is 14.1. The molecule has 0 saturated heterocycles. The van der Waals surface area contributed by atoms with Crippen LogP contribution in [0.3, 0.4) is 0 Å². The normalized spacial score (nSPS) is 11.9. The summed E-state index contributed by atoms with van der Waals surface area (Å²) >= 11 is 1.87. The van der Waals surface area contributed by atoms with Crippen LogP contribution in [0.4, 0.5) is 0 Å². The van der Waals surface area contributed by atoms with E-state index >= 15 is 0 Å². The number of benzene rings is 8. The van der Waals surface area contributed by atoms with Gasteiger partial charge in [-0.05, 0) is 89.6 Å². The molecular formula is C40H24S. The van der Waals surface area contributed by atoms with Crippen molar-refractivity contribution in [3.05, 3.63) is 146 Å². The third-order valence-corrected chi connectivity index (χ3v) is 9.79. The predicted molar refractivity (Wildman–Crippen MR) is 180 cm³/mol. The third kappa shape index (κ3) is 3.46. The third-order valence-electron chi connectivity index (χ3n) is 8.63. The van der Waals surface area contributed by atoms with E-state index < -0.39 is 0 Å². The van der Waals surface area contributed by atoms with Crippen molar-refractivity contribution in [3.8, 4) is 22.3 Å². The monoisotopic (exact) mass is 536 g/mol. The fourth-order valence-electron chi connectivity index (χ4n) is 6.69. The SMILES string of the molecule is c1ccc(-c2ccc3ccc4ccc5ccc6ccccc6c5c4c3c2)c(-c2ccc3sc4ccccc4c3c2)c1. The minimum atomic E-state index is 1.24. The van der Waals surface area contributed by atoms with Crippen LogP contribution in [0.1, 0.15) is 0 Å². The minimum absolute atomic E-state index is 1.24. The largest absolute Gasteiger partial charge is 0.135 e. The van der Waals surface area contributed by atoms with E-state index in [1.54, 1.807) is 0 Å². The highest BCUT2D eigenvalue weighted by molar-refractivity contribution is 7.25. The summed E-state index contributed by atoms with van der Waals surface area (Å²) in [4.78, 5) is 0. The zero-order valence-corrected chi connectivity index (χ0v) is 23.1.